The minimum absolute atomic E-state index is 0.0162. The van der Waals surface area contributed by atoms with E-state index in [9.17, 15) is 9.59 Å². The minimum Gasteiger partial charge on any atom is -0.367 e. The molecule has 0 atom stereocenters. The topological polar surface area (TPSA) is 69.3 Å². The lowest BCUT2D eigenvalue weighted by Gasteiger charge is -2.36. The number of benzene rings is 1. The number of H-pyrrole nitrogens is 1. The summed E-state index contributed by atoms with van der Waals surface area (Å²) >= 11 is 9.61. The fraction of sp³-hybridized carbons (Fsp3) is 0.435. The smallest absolute Gasteiger partial charge is 0.259 e. The Balaban J connectivity index is 1.10. The number of aromatic amines is 1. The van der Waals surface area contributed by atoms with Crippen LogP contribution in [0.2, 0.25) is 5.02 Å². The average Bonchev–Trinajstić information content (AvgIpc) is 3.38. The summed E-state index contributed by atoms with van der Waals surface area (Å²) in [5.74, 6) is 2.21. The SMILES string of the molecule is O=C(CCSCc1nc2sc3c(c2c(=O)[nH]1)CCC3)N1CCN(c2ccccc2Cl)CC1. The number of halogens is 1. The van der Waals surface area contributed by atoms with Crippen LogP contribution in [0.1, 0.15) is 29.1 Å². The molecule has 1 amide bonds. The van der Waals surface area contributed by atoms with E-state index in [2.05, 4.69) is 14.9 Å². The zero-order chi connectivity index (χ0) is 22.1. The van der Waals surface area contributed by atoms with Gasteiger partial charge in [-0.2, -0.15) is 11.8 Å². The fourth-order valence-corrected chi connectivity index (χ4v) is 6.84. The molecule has 32 heavy (non-hydrogen) atoms. The molecule has 0 spiro atoms. The molecule has 2 aromatic heterocycles. The monoisotopic (exact) mass is 488 g/mol. The van der Waals surface area contributed by atoms with E-state index < -0.39 is 0 Å². The van der Waals surface area contributed by atoms with Gasteiger partial charge in [0, 0.05) is 43.2 Å². The summed E-state index contributed by atoms with van der Waals surface area (Å²) in [7, 11) is 0. The summed E-state index contributed by atoms with van der Waals surface area (Å²) in [5, 5.41) is 1.54. The van der Waals surface area contributed by atoms with E-state index in [1.165, 1.54) is 10.4 Å². The summed E-state index contributed by atoms with van der Waals surface area (Å²) < 4.78 is 0. The highest BCUT2D eigenvalue weighted by molar-refractivity contribution is 7.98. The fourth-order valence-electron chi connectivity index (χ4n) is 4.51. The van der Waals surface area contributed by atoms with Crippen molar-refractivity contribution in [1.29, 1.82) is 0 Å². The van der Waals surface area contributed by atoms with Gasteiger partial charge in [0.1, 0.15) is 10.7 Å². The van der Waals surface area contributed by atoms with E-state index in [0.29, 0.717) is 36.8 Å². The van der Waals surface area contributed by atoms with E-state index in [4.69, 9.17) is 11.6 Å². The third kappa shape index (κ3) is 4.40. The molecular formula is C23H25ClN4O2S2. The summed E-state index contributed by atoms with van der Waals surface area (Å²) in [6.07, 6.45) is 3.69. The number of anilines is 1. The van der Waals surface area contributed by atoms with Crippen LogP contribution in [0, 0.1) is 0 Å². The first kappa shape index (κ1) is 21.8. The van der Waals surface area contributed by atoms with Crippen molar-refractivity contribution in [2.45, 2.75) is 31.4 Å². The number of carbonyl (C=O) groups is 1. The lowest BCUT2D eigenvalue weighted by atomic mass is 10.2. The van der Waals surface area contributed by atoms with Crippen LogP contribution in [0.15, 0.2) is 29.1 Å². The molecule has 0 bridgehead atoms. The maximum atomic E-state index is 12.6. The second-order valence-corrected chi connectivity index (χ2v) is 10.8. The van der Waals surface area contributed by atoms with Crippen LogP contribution in [-0.4, -0.2) is 52.7 Å². The number of amides is 1. The van der Waals surface area contributed by atoms with Crippen LogP contribution < -0.4 is 10.5 Å². The molecule has 1 aliphatic carbocycles. The van der Waals surface area contributed by atoms with E-state index in [1.807, 2.05) is 29.2 Å². The Morgan fingerprint density at radius 3 is 2.81 bits per heavy atom. The molecule has 1 fully saturated rings. The van der Waals surface area contributed by atoms with E-state index in [-0.39, 0.29) is 11.5 Å². The number of rotatable bonds is 6. The maximum Gasteiger partial charge on any atom is 0.259 e. The van der Waals surface area contributed by atoms with Gasteiger partial charge >= 0.3 is 0 Å². The number of aryl methyl sites for hydroxylation is 2. The van der Waals surface area contributed by atoms with Gasteiger partial charge < -0.3 is 14.8 Å². The van der Waals surface area contributed by atoms with E-state index >= 15 is 0 Å². The predicted molar refractivity (Wildman–Crippen MR) is 133 cm³/mol. The first-order valence-electron chi connectivity index (χ1n) is 11.0. The Kier molecular flexibility index (Phi) is 6.44. The van der Waals surface area contributed by atoms with Gasteiger partial charge in [0.2, 0.25) is 5.91 Å². The molecule has 0 radical (unpaired) electrons. The molecule has 1 aliphatic heterocycles. The Labute approximate surface area is 200 Å². The average molecular weight is 489 g/mol. The molecule has 6 nitrogen and oxygen atoms in total. The number of thiophene rings is 1. The van der Waals surface area contributed by atoms with Gasteiger partial charge in [-0.3, -0.25) is 9.59 Å². The molecule has 1 saturated heterocycles. The van der Waals surface area contributed by atoms with Crippen molar-refractivity contribution in [2.75, 3.05) is 36.8 Å². The zero-order valence-corrected chi connectivity index (χ0v) is 20.1. The van der Waals surface area contributed by atoms with Crippen LogP contribution in [0.3, 0.4) is 0 Å². The van der Waals surface area contributed by atoms with Gasteiger partial charge in [0.15, 0.2) is 0 Å². The molecule has 3 aromatic rings. The molecule has 5 rings (SSSR count). The molecule has 0 saturated carbocycles. The Bertz CT molecular complexity index is 1200. The first-order valence-corrected chi connectivity index (χ1v) is 13.3. The lowest BCUT2D eigenvalue weighted by molar-refractivity contribution is -0.131. The number of para-hydroxylation sites is 1. The van der Waals surface area contributed by atoms with Crippen LogP contribution >= 0.6 is 34.7 Å². The third-order valence-electron chi connectivity index (χ3n) is 6.15. The number of piperazine rings is 1. The quantitative estimate of drug-likeness (QED) is 0.529. The molecule has 9 heteroatoms. The number of hydrogen-bond acceptors (Lipinski definition) is 6. The van der Waals surface area contributed by atoms with Crippen molar-refractivity contribution in [2.24, 2.45) is 0 Å². The zero-order valence-electron chi connectivity index (χ0n) is 17.7. The normalized spacial score (nSPS) is 16.0. The van der Waals surface area contributed by atoms with Crippen LogP contribution in [-0.2, 0) is 23.4 Å². The molecular weight excluding hydrogens is 464 g/mol. The van der Waals surface area contributed by atoms with Gasteiger partial charge in [0.05, 0.1) is 21.8 Å². The van der Waals surface area contributed by atoms with Crippen molar-refractivity contribution in [3.05, 3.63) is 55.9 Å². The largest absolute Gasteiger partial charge is 0.367 e. The van der Waals surface area contributed by atoms with Crippen molar-refractivity contribution < 1.29 is 4.79 Å². The highest BCUT2D eigenvalue weighted by atomic mass is 35.5. The van der Waals surface area contributed by atoms with E-state index in [0.717, 1.165) is 53.3 Å². The number of nitrogens with one attached hydrogen (secondary N) is 1. The van der Waals surface area contributed by atoms with Crippen LogP contribution in [0.25, 0.3) is 10.2 Å². The van der Waals surface area contributed by atoms with Crippen molar-refractivity contribution in [3.63, 3.8) is 0 Å². The molecule has 168 valence electrons. The van der Waals surface area contributed by atoms with Gasteiger partial charge in [-0.25, -0.2) is 4.98 Å². The highest BCUT2D eigenvalue weighted by Gasteiger charge is 2.23. The number of hydrogen-bond donors (Lipinski definition) is 1. The summed E-state index contributed by atoms with van der Waals surface area (Å²) in [5.41, 5.74) is 2.22. The van der Waals surface area contributed by atoms with Gasteiger partial charge in [-0.1, -0.05) is 23.7 Å². The van der Waals surface area contributed by atoms with Gasteiger partial charge in [-0.15, -0.1) is 11.3 Å². The lowest BCUT2D eigenvalue weighted by Crippen LogP contribution is -2.49. The number of aromatic nitrogens is 2. The first-order chi connectivity index (χ1) is 15.6. The molecule has 0 unspecified atom stereocenters. The van der Waals surface area contributed by atoms with Crippen molar-refractivity contribution in [3.8, 4) is 0 Å². The Morgan fingerprint density at radius 2 is 2.00 bits per heavy atom. The highest BCUT2D eigenvalue weighted by Crippen LogP contribution is 2.34. The van der Waals surface area contributed by atoms with Gasteiger partial charge in [0.25, 0.3) is 5.56 Å². The molecule has 3 heterocycles. The van der Waals surface area contributed by atoms with Crippen molar-refractivity contribution in [1.82, 2.24) is 14.9 Å². The Hall–Kier alpha value is -2.03. The second-order valence-electron chi connectivity index (χ2n) is 8.17. The van der Waals surface area contributed by atoms with Crippen LogP contribution in [0.5, 0.6) is 0 Å². The standard InChI is InChI=1S/C23H25ClN4O2S2/c24-16-5-1-2-6-17(16)27-9-11-28(12-10-27)20(29)8-13-31-14-19-25-22(30)21-15-4-3-7-18(15)32-23(21)26-19/h1-2,5-6H,3-4,7-14H2,(H,25,26,30). The summed E-state index contributed by atoms with van der Waals surface area (Å²) in [4.78, 5) is 39.2. The summed E-state index contributed by atoms with van der Waals surface area (Å²) in [6, 6.07) is 7.84. The van der Waals surface area contributed by atoms with Gasteiger partial charge in [-0.05, 0) is 37.0 Å². The molecule has 2 aliphatic rings. The summed E-state index contributed by atoms with van der Waals surface area (Å²) in [6.45, 7) is 3.00. The number of thioether (sulfide) groups is 1. The van der Waals surface area contributed by atoms with Crippen LogP contribution in [0.4, 0.5) is 5.69 Å². The van der Waals surface area contributed by atoms with Crippen molar-refractivity contribution >= 4 is 56.5 Å². The van der Waals surface area contributed by atoms with E-state index in [1.54, 1.807) is 23.1 Å². The third-order valence-corrected chi connectivity index (χ3v) is 8.62. The second kappa shape index (κ2) is 9.45. The number of fused-ring (bicyclic) bond motifs is 3. The predicted octanol–water partition coefficient (Wildman–Crippen LogP) is 4.10. The molecule has 1 N–H and O–H groups in total. The minimum atomic E-state index is -0.0162. The number of carbonyl (C=O) groups excluding carboxylic acids is 1. The molecule has 1 aromatic carbocycles. The Morgan fingerprint density at radius 1 is 1.19 bits per heavy atom. The maximum absolute atomic E-state index is 12.6. The number of nitrogens with zero attached hydrogens (tertiary/aromatic N) is 3.